The zero-order valence-electron chi connectivity index (χ0n) is 22.8. The molecule has 214 valence electrons. The van der Waals surface area contributed by atoms with Gasteiger partial charge in [-0.05, 0) is 33.6 Å². The lowest BCUT2D eigenvalue weighted by molar-refractivity contribution is -0.233. The first-order valence-corrected chi connectivity index (χ1v) is 13.8. The Bertz CT molecular complexity index is 1120. The summed E-state index contributed by atoms with van der Waals surface area (Å²) in [5, 5.41) is 21.5. The van der Waals surface area contributed by atoms with E-state index in [2.05, 4.69) is 0 Å². The molecule has 2 aliphatic carbocycles. The van der Waals surface area contributed by atoms with Crippen LogP contribution in [0.15, 0.2) is 36.0 Å². The standard InChI is InChI=1S/C29H38O10/c1-16-9-10-28-14-35-25(33)24-26(3,39-24)11-12-34-18(17(2)30)7-5-6-8-20(31)38-22-21(32)23(37-19(28)13-16)29(15-36-29)27(22,28)4/h5-8,13,17-19,21-24,30,32H,9-12,14-15H2,1-4H3/b7-5+,8-6+. The van der Waals surface area contributed by atoms with Crippen LogP contribution in [0.1, 0.15) is 47.0 Å². The number of aliphatic hydroxyl groups excluding tert-OH is 2. The highest BCUT2D eigenvalue weighted by molar-refractivity contribution is 5.82. The summed E-state index contributed by atoms with van der Waals surface area (Å²) in [5.41, 5.74) is -2.12. The first kappa shape index (κ1) is 27.1. The number of fused-ring (bicyclic) bond motifs is 1. The van der Waals surface area contributed by atoms with E-state index in [9.17, 15) is 19.8 Å². The molecule has 11 unspecified atom stereocenters. The van der Waals surface area contributed by atoms with Crippen LogP contribution < -0.4 is 0 Å². The van der Waals surface area contributed by atoms with Gasteiger partial charge in [0.2, 0.25) is 0 Å². The van der Waals surface area contributed by atoms with Gasteiger partial charge in [-0.1, -0.05) is 36.8 Å². The summed E-state index contributed by atoms with van der Waals surface area (Å²) in [5.74, 6) is -1.10. The molecule has 6 aliphatic rings. The van der Waals surface area contributed by atoms with Crippen molar-refractivity contribution in [2.45, 2.75) is 101 Å². The summed E-state index contributed by atoms with van der Waals surface area (Å²) in [6.07, 6.45) is 4.54. The Kier molecular flexibility index (Phi) is 6.41. The highest BCUT2D eigenvalue weighted by atomic mass is 16.7. The largest absolute Gasteiger partial charge is 0.463 e. The predicted molar refractivity (Wildman–Crippen MR) is 135 cm³/mol. The number of allylic oxidation sites excluding steroid dienone is 3. The van der Waals surface area contributed by atoms with Crippen LogP contribution >= 0.6 is 0 Å². The molecule has 0 amide bonds. The van der Waals surface area contributed by atoms with E-state index >= 15 is 0 Å². The number of carbonyl (C=O) groups excluding carboxylic acids is 2. The minimum absolute atomic E-state index is 0.00446. The van der Waals surface area contributed by atoms with Gasteiger partial charge in [-0.2, -0.15) is 0 Å². The normalized spacial score (nSPS) is 51.7. The van der Waals surface area contributed by atoms with Crippen LogP contribution in [0.2, 0.25) is 0 Å². The molecule has 2 bridgehead atoms. The van der Waals surface area contributed by atoms with Gasteiger partial charge in [0.15, 0.2) is 6.10 Å². The van der Waals surface area contributed by atoms with E-state index in [1.807, 2.05) is 26.8 Å². The van der Waals surface area contributed by atoms with Crippen molar-refractivity contribution in [1.82, 2.24) is 0 Å². The molecule has 10 heteroatoms. The van der Waals surface area contributed by atoms with E-state index in [4.69, 9.17) is 28.4 Å². The first-order chi connectivity index (χ1) is 18.5. The van der Waals surface area contributed by atoms with Gasteiger partial charge in [-0.25, -0.2) is 9.59 Å². The maximum atomic E-state index is 13.3. The van der Waals surface area contributed by atoms with Crippen molar-refractivity contribution < 1.29 is 48.2 Å². The smallest absolute Gasteiger partial charge is 0.338 e. The molecule has 6 rings (SSSR count). The number of esters is 2. The molecule has 4 heterocycles. The van der Waals surface area contributed by atoms with Crippen LogP contribution in [0, 0.1) is 10.8 Å². The number of aliphatic hydroxyl groups is 2. The number of carbonyl (C=O) groups is 2. The Hall–Kier alpha value is -2.08. The molecule has 39 heavy (non-hydrogen) atoms. The molecule has 0 aromatic heterocycles. The lowest BCUT2D eigenvalue weighted by Crippen LogP contribution is -2.66. The zero-order chi connectivity index (χ0) is 27.8. The molecule has 0 radical (unpaired) electrons. The fraction of sp³-hybridized carbons (Fsp3) is 0.724. The molecule has 11 atom stereocenters. The molecule has 4 fully saturated rings. The summed E-state index contributed by atoms with van der Waals surface area (Å²) >= 11 is 0. The minimum Gasteiger partial charge on any atom is -0.463 e. The van der Waals surface area contributed by atoms with E-state index in [1.54, 1.807) is 19.1 Å². The Balaban J connectivity index is 1.38. The number of hydrogen-bond donors (Lipinski definition) is 2. The van der Waals surface area contributed by atoms with Crippen LogP contribution in [0.3, 0.4) is 0 Å². The summed E-state index contributed by atoms with van der Waals surface area (Å²) in [7, 11) is 0. The van der Waals surface area contributed by atoms with E-state index in [-0.39, 0.29) is 13.2 Å². The van der Waals surface area contributed by atoms with Gasteiger partial charge in [0.25, 0.3) is 0 Å². The van der Waals surface area contributed by atoms with Crippen LogP contribution in [0.25, 0.3) is 0 Å². The van der Waals surface area contributed by atoms with Crippen molar-refractivity contribution in [3.63, 3.8) is 0 Å². The third-order valence-corrected chi connectivity index (χ3v) is 10.1. The zero-order valence-corrected chi connectivity index (χ0v) is 22.8. The fourth-order valence-electron chi connectivity index (χ4n) is 7.41. The molecular formula is C29H38O10. The highest BCUT2D eigenvalue weighted by Crippen LogP contribution is 2.72. The van der Waals surface area contributed by atoms with Crippen LogP contribution in [0.5, 0.6) is 0 Å². The highest BCUT2D eigenvalue weighted by Gasteiger charge is 2.85. The van der Waals surface area contributed by atoms with Crippen LogP contribution in [-0.2, 0) is 38.0 Å². The van der Waals surface area contributed by atoms with Gasteiger partial charge in [-0.15, -0.1) is 0 Å². The average molecular weight is 547 g/mol. The Morgan fingerprint density at radius 2 is 1.87 bits per heavy atom. The second kappa shape index (κ2) is 9.22. The monoisotopic (exact) mass is 546 g/mol. The van der Waals surface area contributed by atoms with E-state index in [1.165, 1.54) is 12.2 Å². The summed E-state index contributed by atoms with van der Waals surface area (Å²) in [6.45, 7) is 8.08. The lowest BCUT2D eigenvalue weighted by atomic mass is 9.51. The van der Waals surface area contributed by atoms with E-state index < -0.39 is 76.7 Å². The Morgan fingerprint density at radius 3 is 2.59 bits per heavy atom. The molecule has 1 saturated carbocycles. The Morgan fingerprint density at radius 1 is 1.10 bits per heavy atom. The molecule has 0 aromatic rings. The third-order valence-electron chi connectivity index (χ3n) is 10.1. The molecule has 0 aromatic carbocycles. The molecule has 4 aliphatic heterocycles. The molecule has 2 spiro atoms. The van der Waals surface area contributed by atoms with E-state index in [0.29, 0.717) is 19.4 Å². The summed E-state index contributed by atoms with van der Waals surface area (Å²) in [4.78, 5) is 26.3. The lowest BCUT2D eigenvalue weighted by Gasteiger charge is -2.58. The van der Waals surface area contributed by atoms with Gasteiger partial charge < -0.3 is 38.6 Å². The number of epoxide rings is 2. The SMILES string of the molecule is CC1=CC2OC3C(O)C4OC(=O)/C=C/C=C/C(C(C)O)OCCC5(C)OC5C(=O)OCC2(CC1)C4(C)C31CO1. The second-order valence-electron chi connectivity index (χ2n) is 12.4. The number of hydrogen-bond acceptors (Lipinski definition) is 10. The maximum absolute atomic E-state index is 13.3. The van der Waals surface area contributed by atoms with Crippen molar-refractivity contribution in [3.8, 4) is 0 Å². The van der Waals surface area contributed by atoms with Gasteiger partial charge in [0.1, 0.15) is 42.2 Å². The van der Waals surface area contributed by atoms with Gasteiger partial charge in [-0.3, -0.25) is 0 Å². The maximum Gasteiger partial charge on any atom is 0.338 e. The van der Waals surface area contributed by atoms with E-state index in [0.717, 1.165) is 12.0 Å². The Labute approximate surface area is 227 Å². The van der Waals surface area contributed by atoms with Crippen molar-refractivity contribution in [2.24, 2.45) is 10.8 Å². The fourth-order valence-corrected chi connectivity index (χ4v) is 7.41. The number of cyclic esters (lactones) is 1. The summed E-state index contributed by atoms with van der Waals surface area (Å²) < 4.78 is 36.1. The van der Waals surface area contributed by atoms with Crippen LogP contribution in [0.4, 0.5) is 0 Å². The predicted octanol–water partition coefficient (Wildman–Crippen LogP) is 1.52. The van der Waals surface area contributed by atoms with Gasteiger partial charge in [0, 0.05) is 17.9 Å². The number of ether oxygens (including phenoxy) is 6. The topological polar surface area (TPSA) is 137 Å². The second-order valence-corrected chi connectivity index (χ2v) is 12.4. The van der Waals surface area contributed by atoms with Gasteiger partial charge >= 0.3 is 11.9 Å². The third kappa shape index (κ3) is 3.98. The minimum atomic E-state index is -1.12. The average Bonchev–Trinajstić information content (AvgIpc) is 3.80. The molecule has 10 nitrogen and oxygen atoms in total. The molecule has 2 N–H and O–H groups in total. The van der Waals surface area contributed by atoms with Gasteiger partial charge in [0.05, 0.1) is 30.8 Å². The first-order valence-electron chi connectivity index (χ1n) is 13.8. The van der Waals surface area contributed by atoms with Crippen molar-refractivity contribution in [3.05, 3.63) is 36.0 Å². The quantitative estimate of drug-likeness (QED) is 0.283. The van der Waals surface area contributed by atoms with Crippen molar-refractivity contribution in [2.75, 3.05) is 19.8 Å². The molecule has 3 saturated heterocycles. The van der Waals surface area contributed by atoms with Crippen molar-refractivity contribution >= 4 is 11.9 Å². The van der Waals surface area contributed by atoms with Crippen molar-refractivity contribution in [1.29, 1.82) is 0 Å². The van der Waals surface area contributed by atoms with Crippen LogP contribution in [-0.4, -0.2) is 95.9 Å². The summed E-state index contributed by atoms with van der Waals surface area (Å²) in [6, 6.07) is 0. The number of rotatable bonds is 1. The molecular weight excluding hydrogens is 508 g/mol.